The monoisotopic (exact) mass is 601 g/mol. The molecular weight excluding hydrogens is 566 g/mol. The average Bonchev–Trinajstić information content (AvgIpc) is 2.94. The van der Waals surface area contributed by atoms with Crippen molar-refractivity contribution < 1.29 is 31.1 Å². The molecule has 0 aromatic heterocycles. The number of carbonyl (C=O) groups is 1. The maximum absolute atomic E-state index is 12.7. The van der Waals surface area contributed by atoms with Crippen molar-refractivity contribution in [2.75, 3.05) is 50.0 Å². The molecule has 41 heavy (non-hydrogen) atoms. The van der Waals surface area contributed by atoms with Crippen LogP contribution in [-0.2, 0) is 31.3 Å². The van der Waals surface area contributed by atoms with E-state index in [0.717, 1.165) is 16.7 Å². The highest BCUT2D eigenvalue weighted by atomic mass is 32.2. The summed E-state index contributed by atoms with van der Waals surface area (Å²) in [5.41, 5.74) is 3.72. The molecule has 3 aromatic carbocycles. The molecular formula is C29H35N3O7S2. The smallest absolute Gasteiger partial charge is 0.251 e. The first-order valence-electron chi connectivity index (χ1n) is 13.2. The Morgan fingerprint density at radius 1 is 0.927 bits per heavy atom. The van der Waals surface area contributed by atoms with Gasteiger partial charge in [-0.2, -0.15) is 4.31 Å². The molecule has 0 aliphatic carbocycles. The van der Waals surface area contributed by atoms with Crippen LogP contribution in [0, 0.1) is 13.8 Å². The normalized spacial score (nSPS) is 14.4. The van der Waals surface area contributed by atoms with Crippen molar-refractivity contribution in [2.24, 2.45) is 0 Å². The molecule has 1 N–H and O–H groups in total. The third kappa shape index (κ3) is 8.07. The van der Waals surface area contributed by atoms with Gasteiger partial charge < -0.3 is 14.8 Å². The van der Waals surface area contributed by atoms with E-state index in [2.05, 4.69) is 5.32 Å². The van der Waals surface area contributed by atoms with Gasteiger partial charge in [0.2, 0.25) is 20.0 Å². The van der Waals surface area contributed by atoms with Crippen molar-refractivity contribution in [1.29, 1.82) is 0 Å². The highest BCUT2D eigenvalue weighted by Gasteiger charge is 2.26. The molecule has 4 rings (SSSR count). The summed E-state index contributed by atoms with van der Waals surface area (Å²) in [5.74, 6) is 0.199. The van der Waals surface area contributed by atoms with Gasteiger partial charge in [0.15, 0.2) is 0 Å². The van der Waals surface area contributed by atoms with Gasteiger partial charge in [0.25, 0.3) is 5.91 Å². The van der Waals surface area contributed by atoms with Crippen LogP contribution in [0.1, 0.15) is 27.0 Å². The van der Waals surface area contributed by atoms with Crippen molar-refractivity contribution in [1.82, 2.24) is 9.62 Å². The summed E-state index contributed by atoms with van der Waals surface area (Å²) >= 11 is 0. The number of rotatable bonds is 11. The Hall–Kier alpha value is -3.45. The Morgan fingerprint density at radius 3 is 2.12 bits per heavy atom. The summed E-state index contributed by atoms with van der Waals surface area (Å²) in [6, 6.07) is 18.6. The Morgan fingerprint density at radius 2 is 1.54 bits per heavy atom. The molecule has 0 radical (unpaired) electrons. The van der Waals surface area contributed by atoms with E-state index in [0.29, 0.717) is 43.3 Å². The van der Waals surface area contributed by atoms with E-state index < -0.39 is 20.0 Å². The van der Waals surface area contributed by atoms with Crippen LogP contribution in [0.4, 0.5) is 5.69 Å². The Labute approximate surface area is 242 Å². The lowest BCUT2D eigenvalue weighted by atomic mass is 10.1. The summed E-state index contributed by atoms with van der Waals surface area (Å²) < 4.78 is 64.1. The van der Waals surface area contributed by atoms with Crippen LogP contribution in [0.3, 0.4) is 0 Å². The number of hydrogen-bond acceptors (Lipinski definition) is 7. The zero-order valence-corrected chi connectivity index (χ0v) is 25.0. The fourth-order valence-corrected chi connectivity index (χ4v) is 6.78. The van der Waals surface area contributed by atoms with Crippen LogP contribution in [0.5, 0.6) is 5.75 Å². The quantitative estimate of drug-likeness (QED) is 0.335. The maximum atomic E-state index is 12.7. The lowest BCUT2D eigenvalue weighted by Crippen LogP contribution is -2.40. The lowest BCUT2D eigenvalue weighted by molar-refractivity contribution is 0.0730. The summed E-state index contributed by atoms with van der Waals surface area (Å²) in [7, 11) is -7.10. The van der Waals surface area contributed by atoms with Gasteiger partial charge in [0, 0.05) is 18.7 Å². The van der Waals surface area contributed by atoms with Crippen molar-refractivity contribution in [3.05, 3.63) is 89.0 Å². The maximum Gasteiger partial charge on any atom is 0.251 e. The molecule has 1 saturated heterocycles. The first-order valence-corrected chi connectivity index (χ1v) is 16.5. The predicted molar refractivity (Wildman–Crippen MR) is 157 cm³/mol. The highest BCUT2D eigenvalue weighted by molar-refractivity contribution is 7.92. The number of nitrogens with one attached hydrogen (secondary N) is 1. The van der Waals surface area contributed by atoms with Crippen molar-refractivity contribution in [3.63, 3.8) is 0 Å². The summed E-state index contributed by atoms with van der Waals surface area (Å²) in [4.78, 5) is 12.8. The molecule has 0 spiro atoms. The Kier molecular flexibility index (Phi) is 9.69. The second-order valence-corrected chi connectivity index (χ2v) is 13.7. The van der Waals surface area contributed by atoms with E-state index in [4.69, 9.17) is 9.47 Å². The molecule has 1 amide bonds. The highest BCUT2D eigenvalue weighted by Crippen LogP contribution is 2.24. The summed E-state index contributed by atoms with van der Waals surface area (Å²) in [6.45, 7) is 5.84. The van der Waals surface area contributed by atoms with Gasteiger partial charge in [-0.3, -0.25) is 9.10 Å². The Bertz CT molecular complexity index is 1550. The van der Waals surface area contributed by atoms with E-state index in [1.807, 2.05) is 32.0 Å². The van der Waals surface area contributed by atoms with Crippen molar-refractivity contribution >= 4 is 31.6 Å². The number of nitrogens with zero attached hydrogens (tertiary/aromatic N) is 2. The number of amides is 1. The average molecular weight is 602 g/mol. The number of sulfonamides is 2. The molecule has 220 valence electrons. The predicted octanol–water partition coefficient (Wildman–Crippen LogP) is 3.10. The van der Waals surface area contributed by atoms with E-state index in [-0.39, 0.29) is 30.5 Å². The van der Waals surface area contributed by atoms with Gasteiger partial charge in [0.05, 0.1) is 43.1 Å². The van der Waals surface area contributed by atoms with Crippen LogP contribution in [0.25, 0.3) is 0 Å². The molecule has 0 unspecified atom stereocenters. The van der Waals surface area contributed by atoms with Crippen molar-refractivity contribution in [2.45, 2.75) is 25.3 Å². The minimum Gasteiger partial charge on any atom is -0.492 e. The van der Waals surface area contributed by atoms with E-state index in [9.17, 15) is 21.6 Å². The van der Waals surface area contributed by atoms with Crippen LogP contribution < -0.4 is 14.4 Å². The van der Waals surface area contributed by atoms with Crippen LogP contribution in [0.15, 0.2) is 71.6 Å². The SMILES string of the molecule is Cc1cc(C)cc(N(Cc2ccc(C(=O)NCCOc3ccc(S(=O)(=O)N4CCOCC4)cc3)cc2)S(C)(=O)=O)c1. The molecule has 0 saturated carbocycles. The second kappa shape index (κ2) is 13.0. The number of morpholine rings is 1. The molecule has 0 atom stereocenters. The van der Waals surface area contributed by atoms with Gasteiger partial charge in [-0.1, -0.05) is 18.2 Å². The fourth-order valence-electron chi connectivity index (χ4n) is 4.50. The van der Waals surface area contributed by atoms with Gasteiger partial charge >= 0.3 is 0 Å². The minimum absolute atomic E-state index is 0.143. The zero-order chi connectivity index (χ0) is 29.6. The third-order valence-electron chi connectivity index (χ3n) is 6.52. The van der Waals surface area contributed by atoms with E-state index in [1.54, 1.807) is 36.4 Å². The molecule has 0 bridgehead atoms. The molecule has 12 heteroatoms. The molecule has 3 aromatic rings. The molecule has 1 aliphatic rings. The van der Waals surface area contributed by atoms with Crippen molar-refractivity contribution in [3.8, 4) is 5.75 Å². The summed E-state index contributed by atoms with van der Waals surface area (Å²) in [5, 5.41) is 2.79. The second-order valence-electron chi connectivity index (χ2n) is 9.90. The van der Waals surface area contributed by atoms with Gasteiger partial charge in [-0.15, -0.1) is 0 Å². The lowest BCUT2D eigenvalue weighted by Gasteiger charge is -2.26. The van der Waals surface area contributed by atoms with Crippen LogP contribution in [0.2, 0.25) is 0 Å². The number of ether oxygens (including phenoxy) is 2. The minimum atomic E-state index is -3.57. The molecule has 1 heterocycles. The van der Waals surface area contributed by atoms with E-state index >= 15 is 0 Å². The number of anilines is 1. The van der Waals surface area contributed by atoms with Gasteiger partial charge in [-0.25, -0.2) is 16.8 Å². The van der Waals surface area contributed by atoms with E-state index in [1.165, 1.54) is 27.0 Å². The number of hydrogen-bond donors (Lipinski definition) is 1. The Balaban J connectivity index is 1.28. The topological polar surface area (TPSA) is 122 Å². The largest absolute Gasteiger partial charge is 0.492 e. The number of benzene rings is 3. The third-order valence-corrected chi connectivity index (χ3v) is 9.58. The number of carbonyl (C=O) groups excluding carboxylic acids is 1. The van der Waals surface area contributed by atoms with Crippen LogP contribution in [-0.4, -0.2) is 72.8 Å². The zero-order valence-electron chi connectivity index (χ0n) is 23.4. The standard InChI is InChI=1S/C29H35N3O7S2/c1-22-18-23(2)20-26(19-22)32(40(3,34)35)21-24-4-6-25(7-5-24)29(33)30-12-15-39-27-8-10-28(11-9-27)41(36,37)31-13-16-38-17-14-31/h4-11,18-20H,12-17,21H2,1-3H3,(H,30,33). The molecule has 10 nitrogen and oxygen atoms in total. The first-order chi connectivity index (χ1) is 19.4. The molecule has 1 aliphatic heterocycles. The van der Waals surface area contributed by atoms with Crippen LogP contribution >= 0.6 is 0 Å². The fraction of sp³-hybridized carbons (Fsp3) is 0.345. The summed E-state index contributed by atoms with van der Waals surface area (Å²) in [6.07, 6.45) is 1.18. The van der Waals surface area contributed by atoms with Gasteiger partial charge in [-0.05, 0) is 79.1 Å². The molecule has 1 fully saturated rings. The first kappa shape index (κ1) is 30.5. The van der Waals surface area contributed by atoms with Gasteiger partial charge in [0.1, 0.15) is 12.4 Å². The number of aryl methyl sites for hydroxylation is 2.